The molecule has 1 atom stereocenters. The van der Waals surface area contributed by atoms with Gasteiger partial charge in [-0.05, 0) is 65.2 Å². The summed E-state index contributed by atoms with van der Waals surface area (Å²) in [6, 6.07) is 25.6. The van der Waals surface area contributed by atoms with Crippen LogP contribution in [0.25, 0.3) is 10.9 Å². The van der Waals surface area contributed by atoms with Crippen LogP contribution in [0.3, 0.4) is 0 Å². The van der Waals surface area contributed by atoms with Gasteiger partial charge in [-0.15, -0.1) is 5.10 Å². The molecule has 0 radical (unpaired) electrons. The fourth-order valence-electron chi connectivity index (χ4n) is 5.02. The number of hydrogen-bond donors (Lipinski definition) is 1. The molecule has 36 heavy (non-hydrogen) atoms. The summed E-state index contributed by atoms with van der Waals surface area (Å²) in [5.41, 5.74) is 4.63. The van der Waals surface area contributed by atoms with Gasteiger partial charge in [0.05, 0.1) is 13.2 Å². The lowest BCUT2D eigenvalue weighted by Gasteiger charge is -2.29. The van der Waals surface area contributed by atoms with Gasteiger partial charge in [0.1, 0.15) is 11.8 Å². The van der Waals surface area contributed by atoms with Crippen molar-refractivity contribution in [2.75, 3.05) is 18.1 Å². The maximum Gasteiger partial charge on any atom is 0.254 e. The highest BCUT2D eigenvalue weighted by Crippen LogP contribution is 2.37. The molecule has 1 aliphatic heterocycles. The Kier molecular flexibility index (Phi) is 5.69. The number of benzene rings is 3. The fourth-order valence-corrected chi connectivity index (χ4v) is 5.02. The van der Waals surface area contributed by atoms with Crippen molar-refractivity contribution >= 4 is 16.6 Å². The maximum atomic E-state index is 13.5. The number of nitrogens with one attached hydrogen (secondary N) is 1. The molecule has 0 saturated carbocycles. The van der Waals surface area contributed by atoms with Gasteiger partial charge in [-0.1, -0.05) is 48.5 Å². The Balaban J connectivity index is 1.52. The van der Waals surface area contributed by atoms with Crippen LogP contribution in [0.15, 0.2) is 83.7 Å². The average molecular weight is 479 g/mol. The predicted molar refractivity (Wildman–Crippen MR) is 138 cm³/mol. The number of para-hydroxylation sites is 1. The molecular weight excluding hydrogens is 452 g/mol. The van der Waals surface area contributed by atoms with Crippen LogP contribution in [0.5, 0.6) is 5.75 Å². The number of tetrazole rings is 1. The number of aromatic nitrogens is 5. The molecule has 3 aromatic carbocycles. The second kappa shape index (κ2) is 9.30. The van der Waals surface area contributed by atoms with Gasteiger partial charge < -0.3 is 14.6 Å². The molecule has 8 heteroatoms. The van der Waals surface area contributed by atoms with Crippen LogP contribution in [0.4, 0.5) is 5.69 Å². The summed E-state index contributed by atoms with van der Waals surface area (Å²) < 4.78 is 7.50. The molecule has 0 aliphatic carbocycles. The molecule has 5 aromatic rings. The van der Waals surface area contributed by atoms with E-state index in [1.165, 1.54) is 5.56 Å². The highest BCUT2D eigenvalue weighted by Gasteiger charge is 2.34. The third-order valence-electron chi connectivity index (χ3n) is 6.66. The van der Waals surface area contributed by atoms with E-state index in [-0.39, 0.29) is 5.56 Å². The first-order chi connectivity index (χ1) is 17.7. The number of H-pyrrole nitrogens is 1. The zero-order chi connectivity index (χ0) is 24.5. The van der Waals surface area contributed by atoms with Crippen molar-refractivity contribution in [3.8, 4) is 5.75 Å². The normalized spacial score (nSPS) is 13.6. The molecule has 6 rings (SSSR count). The SMILES string of the molecule is CCOc1ccc2[nH]c(=O)c(C(c3nnnn3Cc3ccccc3)N3CCc4ccccc43)cc2c1. The van der Waals surface area contributed by atoms with Crippen LogP contribution in [-0.4, -0.2) is 38.3 Å². The van der Waals surface area contributed by atoms with Gasteiger partial charge >= 0.3 is 0 Å². The lowest BCUT2D eigenvalue weighted by molar-refractivity contribution is 0.340. The van der Waals surface area contributed by atoms with E-state index in [2.05, 4.69) is 43.6 Å². The number of ether oxygens (including phenoxy) is 1. The molecule has 0 spiro atoms. The van der Waals surface area contributed by atoms with E-state index >= 15 is 0 Å². The fraction of sp³-hybridized carbons (Fsp3) is 0.214. The van der Waals surface area contributed by atoms with E-state index in [0.29, 0.717) is 24.5 Å². The zero-order valence-corrected chi connectivity index (χ0v) is 20.0. The van der Waals surface area contributed by atoms with Crippen molar-refractivity contribution in [3.05, 3.63) is 112 Å². The summed E-state index contributed by atoms with van der Waals surface area (Å²) in [6.45, 7) is 3.80. The third kappa shape index (κ3) is 4.00. The molecule has 2 aromatic heterocycles. The molecule has 1 aliphatic rings. The first-order valence-electron chi connectivity index (χ1n) is 12.2. The number of hydrogen-bond acceptors (Lipinski definition) is 6. The molecular formula is C28H26N6O2. The van der Waals surface area contributed by atoms with Gasteiger partial charge in [-0.25, -0.2) is 4.68 Å². The van der Waals surface area contributed by atoms with Crippen molar-refractivity contribution in [2.45, 2.75) is 25.9 Å². The second-order valence-corrected chi connectivity index (χ2v) is 8.89. The summed E-state index contributed by atoms with van der Waals surface area (Å²) in [7, 11) is 0. The molecule has 0 amide bonds. The average Bonchev–Trinajstić information content (AvgIpc) is 3.53. The minimum Gasteiger partial charge on any atom is -0.494 e. The summed E-state index contributed by atoms with van der Waals surface area (Å²) in [6.07, 6.45) is 0.896. The zero-order valence-electron chi connectivity index (χ0n) is 20.0. The Hall–Kier alpha value is -4.46. The highest BCUT2D eigenvalue weighted by molar-refractivity contribution is 5.81. The molecule has 180 valence electrons. The first-order valence-corrected chi connectivity index (χ1v) is 12.2. The lowest BCUT2D eigenvalue weighted by Crippen LogP contribution is -2.34. The molecule has 0 saturated heterocycles. The van der Waals surface area contributed by atoms with Crippen molar-refractivity contribution in [1.29, 1.82) is 0 Å². The largest absolute Gasteiger partial charge is 0.494 e. The number of nitrogens with zero attached hydrogens (tertiary/aromatic N) is 5. The van der Waals surface area contributed by atoms with Gasteiger partial charge in [0, 0.05) is 28.7 Å². The molecule has 8 nitrogen and oxygen atoms in total. The molecule has 1 N–H and O–H groups in total. The Bertz CT molecular complexity index is 1580. The van der Waals surface area contributed by atoms with E-state index in [4.69, 9.17) is 4.74 Å². The van der Waals surface area contributed by atoms with Crippen molar-refractivity contribution in [2.24, 2.45) is 0 Å². The van der Waals surface area contributed by atoms with E-state index in [9.17, 15) is 4.79 Å². The molecule has 1 unspecified atom stereocenters. The maximum absolute atomic E-state index is 13.5. The number of anilines is 1. The smallest absolute Gasteiger partial charge is 0.254 e. The van der Waals surface area contributed by atoms with Gasteiger partial charge in [-0.2, -0.15) is 0 Å². The Morgan fingerprint density at radius 3 is 2.72 bits per heavy atom. The minimum atomic E-state index is -0.462. The van der Waals surface area contributed by atoms with Crippen LogP contribution >= 0.6 is 0 Å². The van der Waals surface area contributed by atoms with E-state index < -0.39 is 6.04 Å². The predicted octanol–water partition coefficient (Wildman–Crippen LogP) is 4.11. The van der Waals surface area contributed by atoms with Crippen molar-refractivity contribution in [1.82, 2.24) is 25.2 Å². The van der Waals surface area contributed by atoms with E-state index in [1.807, 2.05) is 67.6 Å². The summed E-state index contributed by atoms with van der Waals surface area (Å²) in [5, 5.41) is 13.7. The van der Waals surface area contributed by atoms with E-state index in [0.717, 1.165) is 40.9 Å². The lowest BCUT2D eigenvalue weighted by atomic mass is 10.0. The number of aromatic amines is 1. The molecule has 0 bridgehead atoms. The van der Waals surface area contributed by atoms with Crippen LogP contribution in [0, 0.1) is 0 Å². The van der Waals surface area contributed by atoms with Gasteiger partial charge in [0.15, 0.2) is 5.82 Å². The minimum absolute atomic E-state index is 0.157. The standard InChI is InChI=1S/C28H26N6O2/c1-2-36-22-12-13-24-21(16-22)17-23(28(35)29-24)26(33-15-14-20-10-6-7-11-25(20)33)27-30-31-32-34(27)18-19-8-4-3-5-9-19/h3-13,16-17,26H,2,14-15,18H2,1H3,(H,29,35). The van der Waals surface area contributed by atoms with Gasteiger partial charge in [0.2, 0.25) is 0 Å². The summed E-state index contributed by atoms with van der Waals surface area (Å²) in [4.78, 5) is 18.8. The van der Waals surface area contributed by atoms with Crippen molar-refractivity contribution in [3.63, 3.8) is 0 Å². The molecule has 0 fully saturated rings. The van der Waals surface area contributed by atoms with Crippen LogP contribution in [0.2, 0.25) is 0 Å². The summed E-state index contributed by atoms with van der Waals surface area (Å²) in [5.74, 6) is 1.39. The Morgan fingerprint density at radius 1 is 1.03 bits per heavy atom. The van der Waals surface area contributed by atoms with Crippen LogP contribution in [0.1, 0.15) is 35.5 Å². The third-order valence-corrected chi connectivity index (χ3v) is 6.66. The molecule has 3 heterocycles. The quantitative estimate of drug-likeness (QED) is 0.379. The number of rotatable bonds is 7. The topological polar surface area (TPSA) is 88.9 Å². The Morgan fingerprint density at radius 2 is 1.86 bits per heavy atom. The van der Waals surface area contributed by atoms with Crippen LogP contribution < -0.4 is 15.2 Å². The number of pyridine rings is 1. The highest BCUT2D eigenvalue weighted by atomic mass is 16.5. The number of fused-ring (bicyclic) bond motifs is 2. The summed E-state index contributed by atoms with van der Waals surface area (Å²) >= 11 is 0. The second-order valence-electron chi connectivity index (χ2n) is 8.89. The van der Waals surface area contributed by atoms with E-state index in [1.54, 1.807) is 4.68 Å². The van der Waals surface area contributed by atoms with Gasteiger partial charge in [0.25, 0.3) is 5.56 Å². The van der Waals surface area contributed by atoms with Gasteiger partial charge in [-0.3, -0.25) is 4.79 Å². The van der Waals surface area contributed by atoms with Crippen molar-refractivity contribution < 1.29 is 4.74 Å². The van der Waals surface area contributed by atoms with Crippen LogP contribution in [-0.2, 0) is 13.0 Å². The first kappa shape index (κ1) is 22.0. The Labute approximate surface area is 208 Å². The monoisotopic (exact) mass is 478 g/mol.